The highest BCUT2D eigenvalue weighted by Gasteiger charge is 2.34. The number of aromatic nitrogens is 1. The molecule has 0 radical (unpaired) electrons. The first-order chi connectivity index (χ1) is 16.6. The van der Waals surface area contributed by atoms with Gasteiger partial charge in [-0.3, -0.25) is 9.78 Å². The molecule has 2 fully saturated rings. The lowest BCUT2D eigenvalue weighted by Crippen LogP contribution is -2.44. The van der Waals surface area contributed by atoms with Gasteiger partial charge in [-0.2, -0.15) is 17.2 Å². The van der Waals surface area contributed by atoms with Gasteiger partial charge in [-0.1, -0.05) is 12.8 Å². The normalized spacial score (nSPS) is 22.8. The molecular formula is C26H37N3O4S. The van der Waals surface area contributed by atoms with E-state index in [4.69, 9.17) is 4.74 Å². The van der Waals surface area contributed by atoms with Crippen LogP contribution < -0.4 is 10.2 Å². The predicted molar refractivity (Wildman–Crippen MR) is 136 cm³/mol. The van der Waals surface area contributed by atoms with Gasteiger partial charge in [0.25, 0.3) is 0 Å². The molecule has 1 aromatic heterocycles. The van der Waals surface area contributed by atoms with E-state index in [0.29, 0.717) is 13.0 Å². The number of ether oxygens (including phenoxy) is 1. The summed E-state index contributed by atoms with van der Waals surface area (Å²) < 4.78 is 5.37. The van der Waals surface area contributed by atoms with Gasteiger partial charge in [-0.05, 0) is 74.4 Å². The molecule has 1 aliphatic heterocycles. The molecule has 0 spiro atoms. The van der Waals surface area contributed by atoms with Crippen LogP contribution in [0.3, 0.4) is 0 Å². The Morgan fingerprint density at radius 2 is 2.12 bits per heavy atom. The second kappa shape index (κ2) is 12.2. The SMILES string of the molecule is COc1ccc2nccc([C@@H](CC[C@@H]3CCN(CCSC4CCCC4)C[C@@H]3C(=O)O)NO)c2c1. The van der Waals surface area contributed by atoms with E-state index < -0.39 is 5.97 Å². The van der Waals surface area contributed by atoms with E-state index in [1.165, 1.54) is 25.7 Å². The second-order valence-electron chi connectivity index (χ2n) is 9.61. The van der Waals surface area contributed by atoms with Crippen molar-refractivity contribution in [3.63, 3.8) is 0 Å². The number of piperidine rings is 1. The van der Waals surface area contributed by atoms with Gasteiger partial charge in [0.15, 0.2) is 0 Å². The fourth-order valence-electron chi connectivity index (χ4n) is 5.55. The summed E-state index contributed by atoms with van der Waals surface area (Å²) in [5.41, 5.74) is 4.25. The Kier molecular flexibility index (Phi) is 9.05. The topological polar surface area (TPSA) is 94.9 Å². The standard InChI is InChI=1S/C26H37N3O4S/c1-33-19-7-9-24-22(16-19)21(10-12-27-24)25(28-32)8-6-18-11-13-29(17-23(18)26(30)31)14-15-34-20-4-2-3-5-20/h7,9-10,12,16,18,20,23,25,28,32H,2-6,8,11,13-15,17H2,1H3,(H,30,31)/t18-,23+,25-/m1/s1. The largest absolute Gasteiger partial charge is 0.497 e. The van der Waals surface area contributed by atoms with Crippen LogP contribution in [-0.4, -0.2) is 63.9 Å². The minimum absolute atomic E-state index is 0.106. The molecule has 1 aliphatic carbocycles. The third kappa shape index (κ3) is 6.22. The molecule has 2 aromatic rings. The fraction of sp³-hybridized carbons (Fsp3) is 0.615. The van der Waals surface area contributed by atoms with E-state index in [0.717, 1.165) is 59.1 Å². The van der Waals surface area contributed by atoms with Crippen molar-refractivity contribution in [3.05, 3.63) is 36.0 Å². The minimum Gasteiger partial charge on any atom is -0.497 e. The minimum atomic E-state index is -0.703. The lowest BCUT2D eigenvalue weighted by atomic mass is 9.81. The van der Waals surface area contributed by atoms with Crippen LogP contribution in [0.5, 0.6) is 5.75 Å². The number of rotatable bonds is 11. The van der Waals surface area contributed by atoms with Gasteiger partial charge in [-0.25, -0.2) is 0 Å². The van der Waals surface area contributed by atoms with Gasteiger partial charge in [-0.15, -0.1) is 0 Å². The van der Waals surface area contributed by atoms with Crippen molar-refractivity contribution in [2.45, 2.75) is 56.2 Å². The zero-order valence-electron chi connectivity index (χ0n) is 20.0. The quantitative estimate of drug-likeness (QED) is 0.391. The molecule has 0 amide bonds. The summed E-state index contributed by atoms with van der Waals surface area (Å²) in [5, 5.41) is 21.6. The number of aliphatic carboxylic acids is 1. The molecule has 2 heterocycles. The Morgan fingerprint density at radius 3 is 2.85 bits per heavy atom. The smallest absolute Gasteiger partial charge is 0.308 e. The summed E-state index contributed by atoms with van der Waals surface area (Å²) in [7, 11) is 1.63. The zero-order valence-corrected chi connectivity index (χ0v) is 20.8. The number of carbonyl (C=O) groups is 1. The van der Waals surface area contributed by atoms with Crippen LogP contribution in [-0.2, 0) is 4.79 Å². The summed E-state index contributed by atoms with van der Waals surface area (Å²) in [4.78, 5) is 18.9. The number of hydroxylamine groups is 1. The van der Waals surface area contributed by atoms with Gasteiger partial charge < -0.3 is 20.0 Å². The van der Waals surface area contributed by atoms with E-state index in [-0.39, 0.29) is 17.9 Å². The van der Waals surface area contributed by atoms with Crippen molar-refractivity contribution < 1.29 is 19.8 Å². The highest BCUT2D eigenvalue weighted by Crippen LogP contribution is 2.34. The van der Waals surface area contributed by atoms with Gasteiger partial charge in [0.05, 0.1) is 24.6 Å². The molecule has 1 aromatic carbocycles. The Labute approximate surface area is 206 Å². The third-order valence-electron chi connectivity index (χ3n) is 7.56. The Balaban J connectivity index is 1.36. The molecule has 1 saturated heterocycles. The van der Waals surface area contributed by atoms with Crippen molar-refractivity contribution in [2.24, 2.45) is 11.8 Å². The molecular weight excluding hydrogens is 450 g/mol. The van der Waals surface area contributed by atoms with Crippen molar-refractivity contribution in [1.82, 2.24) is 15.4 Å². The Hall–Kier alpha value is -1.87. The molecule has 7 nitrogen and oxygen atoms in total. The highest BCUT2D eigenvalue weighted by atomic mass is 32.2. The maximum Gasteiger partial charge on any atom is 0.308 e. The fourth-order valence-corrected chi connectivity index (χ4v) is 6.91. The summed E-state index contributed by atoms with van der Waals surface area (Å²) in [6, 6.07) is 7.33. The maximum atomic E-state index is 12.1. The third-order valence-corrected chi connectivity index (χ3v) is 8.92. The summed E-state index contributed by atoms with van der Waals surface area (Å²) in [6.45, 7) is 2.55. The second-order valence-corrected chi connectivity index (χ2v) is 11.0. The lowest BCUT2D eigenvalue weighted by molar-refractivity contribution is -0.146. The number of thioether (sulfide) groups is 1. The van der Waals surface area contributed by atoms with E-state index >= 15 is 0 Å². The van der Waals surface area contributed by atoms with Gasteiger partial charge in [0.2, 0.25) is 0 Å². The molecule has 3 N–H and O–H groups in total. The molecule has 3 atom stereocenters. The number of carboxylic acid groups (broad SMARTS) is 1. The number of hydrogen-bond acceptors (Lipinski definition) is 7. The summed E-state index contributed by atoms with van der Waals surface area (Å²) >= 11 is 2.07. The van der Waals surface area contributed by atoms with E-state index in [2.05, 4.69) is 27.1 Å². The first kappa shape index (κ1) is 25.2. The van der Waals surface area contributed by atoms with Crippen LogP contribution >= 0.6 is 11.8 Å². The highest BCUT2D eigenvalue weighted by molar-refractivity contribution is 7.99. The average Bonchev–Trinajstić information content (AvgIpc) is 3.38. The Morgan fingerprint density at radius 1 is 1.29 bits per heavy atom. The van der Waals surface area contributed by atoms with Crippen LogP contribution in [0.15, 0.2) is 30.5 Å². The number of pyridine rings is 1. The number of benzene rings is 1. The first-order valence-electron chi connectivity index (χ1n) is 12.5. The van der Waals surface area contributed by atoms with Crippen LogP contribution in [0, 0.1) is 11.8 Å². The van der Waals surface area contributed by atoms with Crippen molar-refractivity contribution >= 4 is 28.6 Å². The Bertz CT molecular complexity index is 953. The predicted octanol–water partition coefficient (Wildman–Crippen LogP) is 4.74. The van der Waals surface area contributed by atoms with Crippen LogP contribution in [0.2, 0.25) is 0 Å². The molecule has 8 heteroatoms. The number of carboxylic acids is 1. The van der Waals surface area contributed by atoms with E-state index in [9.17, 15) is 15.1 Å². The van der Waals surface area contributed by atoms with Crippen molar-refractivity contribution in [3.8, 4) is 5.75 Å². The van der Waals surface area contributed by atoms with Crippen LogP contribution in [0.25, 0.3) is 10.9 Å². The van der Waals surface area contributed by atoms with Crippen molar-refractivity contribution in [2.75, 3.05) is 32.5 Å². The lowest BCUT2D eigenvalue weighted by Gasteiger charge is -2.37. The number of methoxy groups -OCH3 is 1. The zero-order chi connectivity index (χ0) is 23.9. The van der Waals surface area contributed by atoms with Gasteiger partial charge in [0, 0.05) is 35.7 Å². The number of likely N-dealkylation sites (tertiary alicyclic amines) is 1. The molecule has 2 aliphatic rings. The monoisotopic (exact) mass is 487 g/mol. The molecule has 1 saturated carbocycles. The van der Waals surface area contributed by atoms with Gasteiger partial charge in [0.1, 0.15) is 5.75 Å². The van der Waals surface area contributed by atoms with Crippen LogP contribution in [0.4, 0.5) is 0 Å². The van der Waals surface area contributed by atoms with E-state index in [1.807, 2.05) is 24.3 Å². The number of nitrogens with one attached hydrogen (secondary N) is 1. The molecule has 4 rings (SSSR count). The molecule has 0 unspecified atom stereocenters. The molecule has 186 valence electrons. The molecule has 0 bridgehead atoms. The maximum absolute atomic E-state index is 12.1. The number of hydrogen-bond donors (Lipinski definition) is 3. The van der Waals surface area contributed by atoms with Gasteiger partial charge >= 0.3 is 5.97 Å². The van der Waals surface area contributed by atoms with E-state index in [1.54, 1.807) is 13.3 Å². The number of nitrogens with zero attached hydrogens (tertiary/aromatic N) is 2. The summed E-state index contributed by atoms with van der Waals surface area (Å²) in [5.74, 6) is 0.874. The van der Waals surface area contributed by atoms with Crippen LogP contribution in [0.1, 0.15) is 56.6 Å². The first-order valence-corrected chi connectivity index (χ1v) is 13.5. The average molecular weight is 488 g/mol. The molecule has 34 heavy (non-hydrogen) atoms. The summed E-state index contributed by atoms with van der Waals surface area (Å²) in [6.07, 6.45) is 9.42. The number of fused-ring (bicyclic) bond motifs is 1. The van der Waals surface area contributed by atoms with Crippen molar-refractivity contribution in [1.29, 1.82) is 0 Å².